The molecule has 0 bridgehead atoms. The summed E-state index contributed by atoms with van der Waals surface area (Å²) in [6.45, 7) is -0.742. The van der Waals surface area contributed by atoms with Crippen LogP contribution in [0.3, 0.4) is 0 Å². The minimum absolute atomic E-state index is 0.205. The Bertz CT molecular complexity index is 486. The van der Waals surface area contributed by atoms with Crippen LogP contribution in [0.4, 0.5) is 5.69 Å². The number of hydrogen-bond acceptors (Lipinski definition) is 6. The third-order valence-electron chi connectivity index (χ3n) is 2.26. The van der Waals surface area contributed by atoms with Crippen LogP contribution in [0, 0.1) is 10.1 Å². The Balaban J connectivity index is 3.05. The minimum Gasteiger partial charge on any atom is -0.493 e. The molecule has 0 aliphatic rings. The van der Waals surface area contributed by atoms with Crippen molar-refractivity contribution < 1.29 is 29.0 Å². The van der Waals surface area contributed by atoms with Gasteiger partial charge in [-0.05, 0) is 6.07 Å². The van der Waals surface area contributed by atoms with Crippen molar-refractivity contribution in [2.45, 2.75) is 6.61 Å². The van der Waals surface area contributed by atoms with E-state index in [9.17, 15) is 14.9 Å². The van der Waals surface area contributed by atoms with Gasteiger partial charge in [-0.15, -0.1) is 0 Å². The monoisotopic (exact) mass is 271 g/mol. The first-order valence-corrected chi connectivity index (χ1v) is 5.18. The molecule has 0 saturated heterocycles. The van der Waals surface area contributed by atoms with Gasteiger partial charge >= 0.3 is 5.97 Å². The minimum atomic E-state index is -1.15. The van der Waals surface area contributed by atoms with E-state index in [2.05, 4.69) is 0 Å². The van der Waals surface area contributed by atoms with E-state index in [4.69, 9.17) is 19.3 Å². The summed E-state index contributed by atoms with van der Waals surface area (Å²) >= 11 is 0. The molecule has 8 nitrogen and oxygen atoms in total. The molecule has 1 N–H and O–H groups in total. The van der Waals surface area contributed by atoms with E-state index < -0.39 is 17.5 Å². The van der Waals surface area contributed by atoms with E-state index in [-0.39, 0.29) is 23.6 Å². The normalized spacial score (nSPS) is 10.0. The number of benzene rings is 1. The molecule has 0 atom stereocenters. The van der Waals surface area contributed by atoms with Crippen molar-refractivity contribution in [3.8, 4) is 11.5 Å². The molecular formula is C11H13NO7. The molecule has 0 aliphatic carbocycles. The zero-order chi connectivity index (χ0) is 14.4. The maximum atomic E-state index is 10.9. The lowest BCUT2D eigenvalue weighted by atomic mass is 10.1. The molecule has 0 fully saturated rings. The van der Waals surface area contributed by atoms with E-state index in [1.54, 1.807) is 0 Å². The van der Waals surface area contributed by atoms with Crippen molar-refractivity contribution in [2.24, 2.45) is 0 Å². The second kappa shape index (κ2) is 6.55. The molecule has 0 aromatic heterocycles. The van der Waals surface area contributed by atoms with Crippen LogP contribution in [0.15, 0.2) is 12.1 Å². The van der Waals surface area contributed by atoms with E-state index in [0.717, 1.165) is 0 Å². The SMILES string of the molecule is COc1cc(COCC(=O)O)c([N+](=O)[O-])cc1OC. The zero-order valence-corrected chi connectivity index (χ0v) is 10.4. The molecule has 0 radical (unpaired) electrons. The number of ether oxygens (including phenoxy) is 3. The number of hydrogen-bond donors (Lipinski definition) is 1. The van der Waals surface area contributed by atoms with Gasteiger partial charge in [-0.25, -0.2) is 4.79 Å². The molecule has 0 aliphatic heterocycles. The van der Waals surface area contributed by atoms with E-state index in [0.29, 0.717) is 5.75 Å². The van der Waals surface area contributed by atoms with Gasteiger partial charge < -0.3 is 19.3 Å². The molecule has 1 aromatic rings. The summed E-state index contributed by atoms with van der Waals surface area (Å²) in [4.78, 5) is 20.7. The number of methoxy groups -OCH3 is 2. The van der Waals surface area contributed by atoms with Crippen molar-refractivity contribution in [3.05, 3.63) is 27.8 Å². The average Bonchev–Trinajstić information content (AvgIpc) is 2.37. The number of nitro benzene ring substituents is 1. The number of aliphatic carboxylic acids is 1. The van der Waals surface area contributed by atoms with Crippen LogP contribution < -0.4 is 9.47 Å². The third kappa shape index (κ3) is 3.81. The number of carboxylic acids is 1. The Hall–Kier alpha value is -2.35. The van der Waals surface area contributed by atoms with Crippen molar-refractivity contribution in [1.82, 2.24) is 0 Å². The quantitative estimate of drug-likeness (QED) is 0.586. The molecule has 0 spiro atoms. The largest absolute Gasteiger partial charge is 0.493 e. The highest BCUT2D eigenvalue weighted by Crippen LogP contribution is 2.34. The van der Waals surface area contributed by atoms with E-state index in [1.165, 1.54) is 26.4 Å². The van der Waals surface area contributed by atoms with Gasteiger partial charge in [-0.3, -0.25) is 10.1 Å². The molecule has 1 aromatic carbocycles. The van der Waals surface area contributed by atoms with Crippen molar-refractivity contribution >= 4 is 11.7 Å². The molecule has 0 saturated carbocycles. The van der Waals surface area contributed by atoms with Crippen molar-refractivity contribution in [1.29, 1.82) is 0 Å². The molecule has 0 unspecified atom stereocenters. The Morgan fingerprint density at radius 2 is 1.89 bits per heavy atom. The number of nitrogens with zero attached hydrogens (tertiary/aromatic N) is 1. The Morgan fingerprint density at radius 3 is 2.37 bits per heavy atom. The van der Waals surface area contributed by atoms with Crippen LogP contribution in [-0.2, 0) is 16.1 Å². The van der Waals surface area contributed by atoms with Gasteiger partial charge in [-0.1, -0.05) is 0 Å². The highest BCUT2D eigenvalue weighted by molar-refractivity contribution is 5.68. The number of carboxylic acid groups (broad SMARTS) is 1. The second-order valence-electron chi connectivity index (χ2n) is 3.48. The molecule has 0 amide bonds. The predicted molar refractivity (Wildman–Crippen MR) is 63.5 cm³/mol. The summed E-state index contributed by atoms with van der Waals surface area (Å²) < 4.78 is 14.8. The lowest BCUT2D eigenvalue weighted by molar-refractivity contribution is -0.386. The molecule has 104 valence electrons. The topological polar surface area (TPSA) is 108 Å². The van der Waals surface area contributed by atoms with Crippen molar-refractivity contribution in [3.63, 3.8) is 0 Å². The first-order chi connectivity index (χ1) is 8.99. The molecule has 0 heterocycles. The molecular weight excluding hydrogens is 258 g/mol. The van der Waals surface area contributed by atoms with Gasteiger partial charge in [0.1, 0.15) is 6.61 Å². The van der Waals surface area contributed by atoms with Crippen LogP contribution in [0.1, 0.15) is 5.56 Å². The molecule has 1 rings (SSSR count). The summed E-state index contributed by atoms with van der Waals surface area (Å²) in [5.74, 6) is -0.624. The van der Waals surface area contributed by atoms with Crippen LogP contribution in [-0.4, -0.2) is 36.8 Å². The summed E-state index contributed by atoms with van der Waals surface area (Å²) in [7, 11) is 2.76. The fraction of sp³-hybridized carbons (Fsp3) is 0.364. The lowest BCUT2D eigenvalue weighted by Crippen LogP contribution is -2.08. The molecule has 19 heavy (non-hydrogen) atoms. The highest BCUT2D eigenvalue weighted by Gasteiger charge is 2.19. The Kier molecular flexibility index (Phi) is 5.07. The van der Waals surface area contributed by atoms with Gasteiger partial charge in [0.25, 0.3) is 5.69 Å². The maximum absolute atomic E-state index is 10.9. The zero-order valence-electron chi connectivity index (χ0n) is 10.4. The van der Waals surface area contributed by atoms with Crippen LogP contribution in [0.25, 0.3) is 0 Å². The predicted octanol–water partition coefficient (Wildman–Crippen LogP) is 1.21. The Morgan fingerprint density at radius 1 is 1.32 bits per heavy atom. The van der Waals surface area contributed by atoms with Gasteiger partial charge in [-0.2, -0.15) is 0 Å². The summed E-state index contributed by atoms with van der Waals surface area (Å²) in [5, 5.41) is 19.4. The molecule has 8 heteroatoms. The number of nitro groups is 1. The number of rotatable bonds is 7. The van der Waals surface area contributed by atoms with Gasteiger partial charge in [0.15, 0.2) is 11.5 Å². The lowest BCUT2D eigenvalue weighted by Gasteiger charge is -2.10. The second-order valence-corrected chi connectivity index (χ2v) is 3.48. The number of carbonyl (C=O) groups is 1. The third-order valence-corrected chi connectivity index (χ3v) is 2.26. The fourth-order valence-corrected chi connectivity index (χ4v) is 1.44. The van der Waals surface area contributed by atoms with Gasteiger partial charge in [0, 0.05) is 0 Å². The van der Waals surface area contributed by atoms with Crippen LogP contribution in [0.5, 0.6) is 11.5 Å². The van der Waals surface area contributed by atoms with Gasteiger partial charge in [0.05, 0.1) is 37.4 Å². The van der Waals surface area contributed by atoms with Crippen molar-refractivity contribution in [2.75, 3.05) is 20.8 Å². The average molecular weight is 271 g/mol. The standard InChI is InChI=1S/C11H13NO7/c1-17-9-3-7(5-19-6-11(13)14)8(12(15)16)4-10(9)18-2/h3-4H,5-6H2,1-2H3,(H,13,14). The summed E-state index contributed by atoms with van der Waals surface area (Å²) in [6.07, 6.45) is 0. The van der Waals surface area contributed by atoms with E-state index >= 15 is 0 Å². The van der Waals surface area contributed by atoms with Crippen LogP contribution in [0.2, 0.25) is 0 Å². The van der Waals surface area contributed by atoms with Gasteiger partial charge in [0.2, 0.25) is 0 Å². The van der Waals surface area contributed by atoms with Crippen LogP contribution >= 0.6 is 0 Å². The summed E-state index contributed by atoms with van der Waals surface area (Å²) in [6, 6.07) is 2.59. The maximum Gasteiger partial charge on any atom is 0.329 e. The first-order valence-electron chi connectivity index (χ1n) is 5.18. The highest BCUT2D eigenvalue weighted by atomic mass is 16.6. The fourth-order valence-electron chi connectivity index (χ4n) is 1.44. The smallest absolute Gasteiger partial charge is 0.329 e. The first kappa shape index (κ1) is 14.7. The van der Waals surface area contributed by atoms with E-state index in [1.807, 2.05) is 0 Å². The Labute approximate surface area is 108 Å². The summed E-state index contributed by atoms with van der Waals surface area (Å²) in [5.41, 5.74) is -0.00746.